The standard InChI is InChI=1S/C36H43ClN4O6S/c1-6-46-32-10-8-7-9-29(32)36(47-35(43)40-19-17-39(18-20-40)28-13-15-38(5)16-14-28)30-23-27(37)11-12-31(30)41(34(36)42)48(44,45)33-25(3)21-24(2)22-26(33)4/h7-12,21-23,28H,6,13-20H2,1-5H3. The molecule has 0 spiro atoms. The minimum absolute atomic E-state index is 0.0209. The van der Waals surface area contributed by atoms with Gasteiger partial charge in [0.05, 0.1) is 22.8 Å². The number of amides is 2. The van der Waals surface area contributed by atoms with Crippen LogP contribution in [0, 0.1) is 20.8 Å². The van der Waals surface area contributed by atoms with E-state index in [9.17, 15) is 13.2 Å². The van der Waals surface area contributed by atoms with Gasteiger partial charge in [-0.15, -0.1) is 0 Å². The quantitative estimate of drug-likeness (QED) is 0.320. The van der Waals surface area contributed by atoms with Gasteiger partial charge in [0.25, 0.3) is 15.9 Å². The highest BCUT2D eigenvalue weighted by atomic mass is 35.5. The summed E-state index contributed by atoms with van der Waals surface area (Å²) in [5.74, 6) is -0.647. The van der Waals surface area contributed by atoms with Gasteiger partial charge in [-0.05, 0) is 96.1 Å². The Hall–Kier alpha value is -3.64. The third-order valence-corrected chi connectivity index (χ3v) is 12.0. The second-order valence-electron chi connectivity index (χ2n) is 13.0. The molecule has 6 rings (SSSR count). The highest BCUT2D eigenvalue weighted by Crippen LogP contribution is 2.52. The number of fused-ring (bicyclic) bond motifs is 1. The molecule has 2 amide bonds. The monoisotopic (exact) mass is 694 g/mol. The van der Waals surface area contributed by atoms with E-state index in [1.807, 2.05) is 6.92 Å². The number of para-hydroxylation sites is 1. The van der Waals surface area contributed by atoms with Crippen LogP contribution in [0.3, 0.4) is 0 Å². The number of rotatable bonds is 7. The summed E-state index contributed by atoms with van der Waals surface area (Å²) < 4.78 is 42.5. The van der Waals surface area contributed by atoms with Gasteiger partial charge in [-0.3, -0.25) is 9.69 Å². The second kappa shape index (κ2) is 13.3. The van der Waals surface area contributed by atoms with Crippen LogP contribution in [0.4, 0.5) is 10.5 Å². The van der Waals surface area contributed by atoms with Gasteiger partial charge in [0.2, 0.25) is 5.60 Å². The van der Waals surface area contributed by atoms with E-state index in [0.29, 0.717) is 49.1 Å². The molecule has 3 aromatic rings. The fraction of sp³-hybridized carbons (Fsp3) is 0.444. The predicted octanol–water partition coefficient (Wildman–Crippen LogP) is 5.49. The molecule has 0 radical (unpaired) electrons. The molecule has 0 N–H and O–H groups in total. The van der Waals surface area contributed by atoms with Crippen molar-refractivity contribution >= 4 is 39.3 Å². The van der Waals surface area contributed by atoms with E-state index >= 15 is 4.79 Å². The number of benzene rings is 3. The van der Waals surface area contributed by atoms with Crippen molar-refractivity contribution in [2.75, 3.05) is 57.2 Å². The first-order chi connectivity index (χ1) is 22.9. The van der Waals surface area contributed by atoms with Gasteiger partial charge in [-0.1, -0.05) is 47.5 Å². The lowest BCUT2D eigenvalue weighted by molar-refractivity contribution is -0.132. The first kappa shape index (κ1) is 34.2. The predicted molar refractivity (Wildman–Crippen MR) is 185 cm³/mol. The van der Waals surface area contributed by atoms with Gasteiger partial charge in [-0.2, -0.15) is 4.31 Å². The van der Waals surface area contributed by atoms with Gasteiger partial charge < -0.3 is 19.3 Å². The van der Waals surface area contributed by atoms with Gasteiger partial charge >= 0.3 is 6.09 Å². The fourth-order valence-electron chi connectivity index (χ4n) is 7.52. The number of hydrogen-bond donors (Lipinski definition) is 0. The molecule has 3 heterocycles. The summed E-state index contributed by atoms with van der Waals surface area (Å²) in [5, 5.41) is 0.254. The van der Waals surface area contributed by atoms with E-state index in [4.69, 9.17) is 21.1 Å². The summed E-state index contributed by atoms with van der Waals surface area (Å²) in [6, 6.07) is 15.3. The molecule has 0 aromatic heterocycles. The van der Waals surface area contributed by atoms with Crippen LogP contribution in [-0.2, 0) is 25.2 Å². The smallest absolute Gasteiger partial charge is 0.411 e. The largest absolute Gasteiger partial charge is 0.493 e. The van der Waals surface area contributed by atoms with Crippen molar-refractivity contribution < 1.29 is 27.5 Å². The number of hydrogen-bond acceptors (Lipinski definition) is 8. The summed E-state index contributed by atoms with van der Waals surface area (Å²) in [4.78, 5) is 35.7. The van der Waals surface area contributed by atoms with Crippen LogP contribution < -0.4 is 9.04 Å². The molecule has 10 nitrogen and oxygen atoms in total. The van der Waals surface area contributed by atoms with Gasteiger partial charge in [0.15, 0.2) is 0 Å². The highest BCUT2D eigenvalue weighted by molar-refractivity contribution is 7.93. The second-order valence-corrected chi connectivity index (χ2v) is 15.2. The Morgan fingerprint density at radius 3 is 2.21 bits per heavy atom. The molecule has 0 aliphatic carbocycles. The number of halogens is 1. The number of piperidine rings is 1. The third kappa shape index (κ3) is 5.95. The maximum absolute atomic E-state index is 15.1. The first-order valence-electron chi connectivity index (χ1n) is 16.5. The van der Waals surface area contributed by atoms with Crippen molar-refractivity contribution in [3.63, 3.8) is 0 Å². The fourth-order valence-corrected chi connectivity index (χ4v) is 9.57. The van der Waals surface area contributed by atoms with Crippen LogP contribution >= 0.6 is 11.6 Å². The lowest BCUT2D eigenvalue weighted by Crippen LogP contribution is -2.55. The molecule has 12 heteroatoms. The van der Waals surface area contributed by atoms with Crippen LogP contribution in [0.15, 0.2) is 59.5 Å². The van der Waals surface area contributed by atoms with Crippen molar-refractivity contribution in [3.8, 4) is 5.75 Å². The van der Waals surface area contributed by atoms with E-state index in [0.717, 1.165) is 35.8 Å². The number of sulfonamides is 1. The molecular weight excluding hydrogens is 652 g/mol. The zero-order valence-electron chi connectivity index (χ0n) is 28.2. The number of likely N-dealkylation sites (tertiary alicyclic amines) is 1. The topological polar surface area (TPSA) is 99.7 Å². The summed E-state index contributed by atoms with van der Waals surface area (Å²) >= 11 is 6.55. The maximum Gasteiger partial charge on any atom is 0.411 e. The lowest BCUT2D eigenvalue weighted by atomic mass is 9.86. The Morgan fingerprint density at radius 2 is 1.56 bits per heavy atom. The normalized spacial score (nSPS) is 21.0. The van der Waals surface area contributed by atoms with E-state index in [-0.39, 0.29) is 33.3 Å². The number of aryl methyl sites for hydroxylation is 3. The van der Waals surface area contributed by atoms with Crippen molar-refractivity contribution in [3.05, 3.63) is 87.4 Å². The molecular formula is C36H43ClN4O6S. The Morgan fingerprint density at radius 1 is 0.917 bits per heavy atom. The van der Waals surface area contributed by atoms with Gasteiger partial charge in [-0.25, -0.2) is 13.2 Å². The average Bonchev–Trinajstić information content (AvgIpc) is 3.29. The SMILES string of the molecule is CCOc1ccccc1C1(OC(=O)N2CCN(C3CCN(C)CC3)CC2)C(=O)N(S(=O)(=O)c2c(C)cc(C)cc2C)c2ccc(Cl)cc21. The van der Waals surface area contributed by atoms with Crippen molar-refractivity contribution in [1.29, 1.82) is 0 Å². The van der Waals surface area contributed by atoms with Crippen LogP contribution in [-0.4, -0.2) is 94.1 Å². The summed E-state index contributed by atoms with van der Waals surface area (Å²) in [6.45, 7) is 11.6. The zero-order chi connectivity index (χ0) is 34.4. The Balaban J connectivity index is 1.44. The highest BCUT2D eigenvalue weighted by Gasteiger charge is 2.61. The first-order valence-corrected chi connectivity index (χ1v) is 18.3. The lowest BCUT2D eigenvalue weighted by Gasteiger charge is -2.42. The van der Waals surface area contributed by atoms with E-state index in [2.05, 4.69) is 16.8 Å². The molecule has 0 bridgehead atoms. The molecule has 48 heavy (non-hydrogen) atoms. The molecule has 3 aromatic carbocycles. The summed E-state index contributed by atoms with van der Waals surface area (Å²) in [7, 11) is -2.36. The Labute approximate surface area is 288 Å². The Bertz CT molecular complexity index is 1810. The van der Waals surface area contributed by atoms with Crippen molar-refractivity contribution in [2.24, 2.45) is 0 Å². The van der Waals surface area contributed by atoms with Crippen LogP contribution in [0.25, 0.3) is 0 Å². The minimum Gasteiger partial charge on any atom is -0.493 e. The average molecular weight is 695 g/mol. The van der Waals surface area contributed by atoms with Crippen LogP contribution in [0.5, 0.6) is 5.75 Å². The maximum atomic E-state index is 15.1. The van der Waals surface area contributed by atoms with E-state index < -0.39 is 27.6 Å². The van der Waals surface area contributed by atoms with Crippen molar-refractivity contribution in [2.45, 2.75) is 57.1 Å². The third-order valence-electron chi connectivity index (χ3n) is 9.73. The molecule has 1 unspecified atom stereocenters. The van der Waals surface area contributed by atoms with Gasteiger partial charge in [0, 0.05) is 42.8 Å². The molecule has 1 atom stereocenters. The van der Waals surface area contributed by atoms with E-state index in [1.165, 1.54) is 18.2 Å². The molecule has 2 fully saturated rings. The zero-order valence-corrected chi connectivity index (χ0v) is 29.7. The summed E-state index contributed by atoms with van der Waals surface area (Å²) in [5.41, 5.74) is 0.132. The van der Waals surface area contributed by atoms with Crippen LogP contribution in [0.2, 0.25) is 5.02 Å². The molecule has 3 aliphatic rings. The minimum atomic E-state index is -4.50. The molecule has 0 saturated carbocycles. The number of ether oxygens (including phenoxy) is 2. The van der Waals surface area contributed by atoms with Crippen LogP contribution in [0.1, 0.15) is 47.6 Å². The molecule has 2 saturated heterocycles. The van der Waals surface area contributed by atoms with Crippen molar-refractivity contribution in [1.82, 2.24) is 14.7 Å². The number of anilines is 1. The Kier molecular flexibility index (Phi) is 9.52. The number of piperazine rings is 1. The summed E-state index contributed by atoms with van der Waals surface area (Å²) in [6.07, 6.45) is 1.44. The molecule has 3 aliphatic heterocycles. The number of carbonyl (C=O) groups is 2. The molecule has 256 valence electrons. The number of nitrogens with zero attached hydrogens (tertiary/aromatic N) is 4. The van der Waals surface area contributed by atoms with E-state index in [1.54, 1.807) is 62.1 Å². The number of carbonyl (C=O) groups excluding carboxylic acids is 2. The van der Waals surface area contributed by atoms with Gasteiger partial charge in [0.1, 0.15) is 5.75 Å².